The monoisotopic (exact) mass is 316 g/mol. The third-order valence-electron chi connectivity index (χ3n) is 3.74. The number of fused-ring (bicyclic) bond motifs is 1. The molecule has 23 heavy (non-hydrogen) atoms. The number of rotatable bonds is 8. The molecule has 0 saturated carbocycles. The van der Waals surface area contributed by atoms with Gasteiger partial charge in [-0.05, 0) is 44.4 Å². The fraction of sp³-hybridized carbons (Fsp3) is 0.500. The summed E-state index contributed by atoms with van der Waals surface area (Å²) in [6, 6.07) is 6.37. The van der Waals surface area contributed by atoms with Crippen molar-refractivity contribution in [2.75, 3.05) is 32.8 Å². The highest BCUT2D eigenvalue weighted by Crippen LogP contribution is 2.22. The number of nitrogens with one attached hydrogen (secondary N) is 3. The zero-order valence-corrected chi connectivity index (χ0v) is 14.4. The third-order valence-corrected chi connectivity index (χ3v) is 3.74. The molecule has 1 aromatic heterocycles. The van der Waals surface area contributed by atoms with E-state index in [1.807, 2.05) is 6.92 Å². The molecule has 1 aromatic carbocycles. The van der Waals surface area contributed by atoms with Crippen molar-refractivity contribution in [1.29, 1.82) is 0 Å². The first-order chi connectivity index (χ1) is 11.3. The van der Waals surface area contributed by atoms with Crippen LogP contribution in [0.3, 0.4) is 0 Å². The first-order valence-corrected chi connectivity index (χ1v) is 8.41. The fourth-order valence-corrected chi connectivity index (χ4v) is 2.67. The van der Waals surface area contributed by atoms with E-state index in [1.54, 1.807) is 0 Å². The highest BCUT2D eigenvalue weighted by atomic mass is 16.5. The van der Waals surface area contributed by atoms with Crippen molar-refractivity contribution in [3.05, 3.63) is 35.5 Å². The van der Waals surface area contributed by atoms with Crippen LogP contribution in [0, 0.1) is 6.92 Å². The van der Waals surface area contributed by atoms with Crippen molar-refractivity contribution >= 4 is 16.9 Å². The van der Waals surface area contributed by atoms with Crippen LogP contribution in [0.15, 0.2) is 29.4 Å². The van der Waals surface area contributed by atoms with Crippen LogP contribution in [-0.2, 0) is 11.2 Å². The van der Waals surface area contributed by atoms with Gasteiger partial charge in [0.05, 0.1) is 13.2 Å². The van der Waals surface area contributed by atoms with Gasteiger partial charge in [0.1, 0.15) is 0 Å². The number of aromatic nitrogens is 1. The van der Waals surface area contributed by atoms with Crippen molar-refractivity contribution < 1.29 is 4.74 Å². The Morgan fingerprint density at radius 3 is 2.91 bits per heavy atom. The summed E-state index contributed by atoms with van der Waals surface area (Å²) in [5.74, 6) is 0.851. The van der Waals surface area contributed by atoms with E-state index in [0.717, 1.165) is 32.1 Å². The molecule has 0 aliphatic carbocycles. The summed E-state index contributed by atoms with van der Waals surface area (Å²) in [4.78, 5) is 7.86. The quantitative estimate of drug-likeness (QED) is 0.398. The van der Waals surface area contributed by atoms with Crippen LogP contribution in [0.2, 0.25) is 0 Å². The zero-order valence-electron chi connectivity index (χ0n) is 14.4. The lowest BCUT2D eigenvalue weighted by molar-refractivity contribution is 0.155. The van der Waals surface area contributed by atoms with Gasteiger partial charge in [0, 0.05) is 36.8 Å². The number of hydrogen-bond acceptors (Lipinski definition) is 2. The van der Waals surface area contributed by atoms with Crippen LogP contribution in [0.5, 0.6) is 0 Å². The van der Waals surface area contributed by atoms with Gasteiger partial charge in [0.25, 0.3) is 0 Å². The lowest BCUT2D eigenvalue weighted by Crippen LogP contribution is -2.38. The number of H-pyrrole nitrogens is 1. The molecule has 2 aromatic rings. The van der Waals surface area contributed by atoms with E-state index in [-0.39, 0.29) is 0 Å². The minimum atomic E-state index is 0.661. The summed E-state index contributed by atoms with van der Waals surface area (Å²) in [7, 11) is 0. The Balaban J connectivity index is 1.90. The Labute approximate surface area is 138 Å². The third kappa shape index (κ3) is 4.99. The predicted octanol–water partition coefficient (Wildman–Crippen LogP) is 2.61. The van der Waals surface area contributed by atoms with E-state index in [0.29, 0.717) is 13.2 Å². The summed E-state index contributed by atoms with van der Waals surface area (Å²) in [6.07, 6.45) is 3.07. The van der Waals surface area contributed by atoms with Crippen molar-refractivity contribution in [2.45, 2.75) is 27.2 Å². The number of nitrogens with zero attached hydrogens (tertiary/aromatic N) is 1. The van der Waals surface area contributed by atoms with Gasteiger partial charge in [0.2, 0.25) is 0 Å². The van der Waals surface area contributed by atoms with Gasteiger partial charge in [-0.2, -0.15) is 0 Å². The second-order valence-electron chi connectivity index (χ2n) is 5.45. The van der Waals surface area contributed by atoms with Crippen LogP contribution >= 0.6 is 0 Å². The number of aryl methyl sites for hydroxylation is 1. The number of ether oxygens (including phenoxy) is 1. The molecule has 0 unspecified atom stereocenters. The van der Waals surface area contributed by atoms with Gasteiger partial charge in [0.15, 0.2) is 5.96 Å². The largest absolute Gasteiger partial charge is 0.380 e. The second-order valence-corrected chi connectivity index (χ2v) is 5.45. The van der Waals surface area contributed by atoms with Gasteiger partial charge >= 0.3 is 0 Å². The van der Waals surface area contributed by atoms with Crippen molar-refractivity contribution in [2.24, 2.45) is 4.99 Å². The zero-order chi connectivity index (χ0) is 16.5. The minimum absolute atomic E-state index is 0.661. The van der Waals surface area contributed by atoms with Crippen LogP contribution in [0.1, 0.15) is 25.0 Å². The van der Waals surface area contributed by atoms with Gasteiger partial charge in [-0.25, -0.2) is 0 Å². The van der Waals surface area contributed by atoms with E-state index in [2.05, 4.69) is 58.9 Å². The van der Waals surface area contributed by atoms with Crippen molar-refractivity contribution in [1.82, 2.24) is 15.6 Å². The summed E-state index contributed by atoms with van der Waals surface area (Å²) in [5.41, 5.74) is 3.86. The van der Waals surface area contributed by atoms with Crippen molar-refractivity contribution in [3.8, 4) is 0 Å². The molecular formula is C18H28N4O. The highest BCUT2D eigenvalue weighted by molar-refractivity contribution is 5.86. The molecule has 5 heteroatoms. The Kier molecular flexibility index (Phi) is 6.94. The van der Waals surface area contributed by atoms with E-state index < -0.39 is 0 Å². The molecule has 0 saturated heterocycles. The average Bonchev–Trinajstić information content (AvgIpc) is 2.96. The predicted molar refractivity (Wildman–Crippen MR) is 97.2 cm³/mol. The van der Waals surface area contributed by atoms with Crippen molar-refractivity contribution in [3.63, 3.8) is 0 Å². The van der Waals surface area contributed by atoms with E-state index >= 15 is 0 Å². The second kappa shape index (κ2) is 9.20. The summed E-state index contributed by atoms with van der Waals surface area (Å²) in [5, 5.41) is 7.99. The molecule has 0 atom stereocenters. The molecule has 0 aliphatic heterocycles. The maximum Gasteiger partial charge on any atom is 0.191 e. The number of hydrogen-bond donors (Lipinski definition) is 3. The lowest BCUT2D eigenvalue weighted by Gasteiger charge is -2.11. The smallest absolute Gasteiger partial charge is 0.191 e. The number of benzene rings is 1. The molecule has 0 aliphatic rings. The SMILES string of the molecule is CCNC(=NCCOCC)NCCc1c[nH]c2cccc(C)c12. The van der Waals surface area contributed by atoms with E-state index in [4.69, 9.17) is 4.74 Å². The molecule has 0 radical (unpaired) electrons. The Morgan fingerprint density at radius 1 is 1.26 bits per heavy atom. The summed E-state index contributed by atoms with van der Waals surface area (Å²) < 4.78 is 5.32. The maximum absolute atomic E-state index is 5.32. The van der Waals surface area contributed by atoms with Crippen LogP contribution < -0.4 is 10.6 Å². The highest BCUT2D eigenvalue weighted by Gasteiger charge is 2.06. The van der Waals surface area contributed by atoms with E-state index in [9.17, 15) is 0 Å². The standard InChI is InChI=1S/C18H28N4O/c1-4-19-18(21-11-12-23-5-2)20-10-9-15-13-22-16-8-6-7-14(3)17(15)16/h6-8,13,22H,4-5,9-12H2,1-3H3,(H2,19,20,21). The molecule has 126 valence electrons. The van der Waals surface area contributed by atoms with Gasteiger partial charge in [-0.15, -0.1) is 0 Å². The molecule has 1 heterocycles. The molecule has 2 rings (SSSR count). The number of guanidine groups is 1. The molecule has 0 amide bonds. The molecule has 5 nitrogen and oxygen atoms in total. The molecule has 3 N–H and O–H groups in total. The maximum atomic E-state index is 5.32. The molecular weight excluding hydrogens is 288 g/mol. The van der Waals surface area contributed by atoms with Crippen LogP contribution in [0.4, 0.5) is 0 Å². The van der Waals surface area contributed by atoms with Gasteiger partial charge in [-0.1, -0.05) is 12.1 Å². The Morgan fingerprint density at radius 2 is 2.13 bits per heavy atom. The first-order valence-electron chi connectivity index (χ1n) is 8.41. The average molecular weight is 316 g/mol. The fourth-order valence-electron chi connectivity index (χ4n) is 2.67. The number of aliphatic imine (C=N–C) groups is 1. The lowest BCUT2D eigenvalue weighted by atomic mass is 10.1. The van der Waals surface area contributed by atoms with Gasteiger partial charge < -0.3 is 20.4 Å². The first kappa shape index (κ1) is 17.3. The summed E-state index contributed by atoms with van der Waals surface area (Å²) >= 11 is 0. The van der Waals surface area contributed by atoms with Crippen LogP contribution in [-0.4, -0.2) is 43.8 Å². The topological polar surface area (TPSA) is 61.4 Å². The molecule has 0 spiro atoms. The van der Waals surface area contributed by atoms with E-state index in [1.165, 1.54) is 22.0 Å². The summed E-state index contributed by atoms with van der Waals surface area (Å²) in [6.45, 7) is 10.0. The Hall–Kier alpha value is -2.01. The van der Waals surface area contributed by atoms with Crippen LogP contribution in [0.25, 0.3) is 10.9 Å². The number of aromatic amines is 1. The molecule has 0 bridgehead atoms. The minimum Gasteiger partial charge on any atom is -0.380 e. The Bertz CT molecular complexity index is 633. The normalized spacial score (nSPS) is 11.9. The van der Waals surface area contributed by atoms with Gasteiger partial charge in [-0.3, -0.25) is 4.99 Å². The molecule has 0 fully saturated rings.